The first-order valence-corrected chi connectivity index (χ1v) is 12.2. The van der Waals surface area contributed by atoms with Crippen LogP contribution < -0.4 is 5.32 Å². The Kier molecular flexibility index (Phi) is 7.62. The predicted octanol–water partition coefficient (Wildman–Crippen LogP) is 5.50. The summed E-state index contributed by atoms with van der Waals surface area (Å²) in [5.74, 6) is -1.50. The molecule has 8 heteroatoms. The lowest BCUT2D eigenvalue weighted by Gasteiger charge is -2.09. The topological polar surface area (TPSA) is 97.5 Å². The maximum atomic E-state index is 12.8. The highest BCUT2D eigenvalue weighted by Gasteiger charge is 2.25. The van der Waals surface area contributed by atoms with Crippen LogP contribution in [0.1, 0.15) is 34.1 Å². The second-order valence-corrected chi connectivity index (χ2v) is 9.12. The third-order valence-corrected chi connectivity index (χ3v) is 6.54. The number of fused-ring (bicyclic) bond motifs is 1. The molecular formula is C27H26N2O5S. The predicted molar refractivity (Wildman–Crippen MR) is 137 cm³/mol. The molecule has 0 unspecified atom stereocenters. The number of aryl methyl sites for hydroxylation is 2. The number of benzene rings is 2. The average molecular weight is 491 g/mol. The second-order valence-electron chi connectivity index (χ2n) is 7.89. The van der Waals surface area contributed by atoms with Crippen molar-refractivity contribution >= 4 is 45.1 Å². The number of rotatable bonds is 9. The number of esters is 2. The van der Waals surface area contributed by atoms with E-state index in [0.717, 1.165) is 32.5 Å². The van der Waals surface area contributed by atoms with E-state index in [9.17, 15) is 14.4 Å². The van der Waals surface area contributed by atoms with Crippen LogP contribution in [0.25, 0.3) is 22.0 Å². The third kappa shape index (κ3) is 5.60. The van der Waals surface area contributed by atoms with Crippen LogP contribution in [0.2, 0.25) is 0 Å². The van der Waals surface area contributed by atoms with Crippen LogP contribution in [-0.2, 0) is 25.5 Å². The maximum absolute atomic E-state index is 12.8. The summed E-state index contributed by atoms with van der Waals surface area (Å²) in [6.07, 6.45) is 2.53. The van der Waals surface area contributed by atoms with Gasteiger partial charge in [-0.3, -0.25) is 9.59 Å². The molecule has 0 saturated carbocycles. The number of hydrogen-bond acceptors (Lipinski definition) is 6. The minimum absolute atomic E-state index is 0.152. The summed E-state index contributed by atoms with van der Waals surface area (Å²) in [5.41, 5.74) is 3.91. The number of H-pyrrole nitrogens is 1. The fourth-order valence-electron chi connectivity index (χ4n) is 3.94. The SMILES string of the molecule is CCOC(=O)c1c(NC(=O)COC(=O)CCc2c[nH]c3ccccc23)sc(C)c1-c1ccccc1. The van der Waals surface area contributed by atoms with Crippen molar-refractivity contribution in [1.82, 2.24) is 4.98 Å². The summed E-state index contributed by atoms with van der Waals surface area (Å²) in [4.78, 5) is 41.6. The molecule has 0 aliphatic rings. The summed E-state index contributed by atoms with van der Waals surface area (Å²) in [5, 5.41) is 4.16. The van der Waals surface area contributed by atoms with Crippen molar-refractivity contribution < 1.29 is 23.9 Å². The minimum Gasteiger partial charge on any atom is -0.462 e. The normalized spacial score (nSPS) is 10.8. The van der Waals surface area contributed by atoms with Crippen molar-refractivity contribution in [1.29, 1.82) is 0 Å². The van der Waals surface area contributed by atoms with Gasteiger partial charge in [-0.25, -0.2) is 4.79 Å². The molecule has 1 amide bonds. The largest absolute Gasteiger partial charge is 0.462 e. The Balaban J connectivity index is 1.40. The van der Waals surface area contributed by atoms with E-state index in [-0.39, 0.29) is 13.0 Å². The molecule has 0 aliphatic carbocycles. The maximum Gasteiger partial charge on any atom is 0.341 e. The Morgan fingerprint density at radius 1 is 1.00 bits per heavy atom. The van der Waals surface area contributed by atoms with E-state index in [4.69, 9.17) is 9.47 Å². The van der Waals surface area contributed by atoms with Crippen LogP contribution in [0.3, 0.4) is 0 Å². The van der Waals surface area contributed by atoms with Crippen LogP contribution >= 0.6 is 11.3 Å². The molecular weight excluding hydrogens is 464 g/mol. The minimum atomic E-state index is -0.517. The number of hydrogen-bond donors (Lipinski definition) is 2. The van der Waals surface area contributed by atoms with Gasteiger partial charge in [0.05, 0.1) is 6.61 Å². The number of nitrogens with one attached hydrogen (secondary N) is 2. The van der Waals surface area contributed by atoms with Crippen LogP contribution in [-0.4, -0.2) is 36.0 Å². The van der Waals surface area contributed by atoms with Crippen molar-refractivity contribution in [2.45, 2.75) is 26.7 Å². The average Bonchev–Trinajstić information content (AvgIpc) is 3.42. The first-order chi connectivity index (χ1) is 17.0. The Hall–Kier alpha value is -3.91. The fourth-order valence-corrected chi connectivity index (χ4v) is 5.02. The molecule has 35 heavy (non-hydrogen) atoms. The molecule has 2 heterocycles. The van der Waals surface area contributed by atoms with Crippen molar-refractivity contribution in [3.8, 4) is 11.1 Å². The number of amides is 1. The number of aromatic amines is 1. The summed E-state index contributed by atoms with van der Waals surface area (Å²) in [7, 11) is 0. The molecule has 2 aromatic carbocycles. The molecule has 2 N–H and O–H groups in total. The quantitative estimate of drug-likeness (QED) is 0.302. The summed E-state index contributed by atoms with van der Waals surface area (Å²) >= 11 is 1.29. The van der Waals surface area contributed by atoms with Crippen LogP contribution in [0.15, 0.2) is 60.8 Å². The summed E-state index contributed by atoms with van der Waals surface area (Å²) in [6.45, 7) is 3.39. The second kappa shape index (κ2) is 11.0. The first kappa shape index (κ1) is 24.2. The molecule has 180 valence electrons. The van der Waals surface area contributed by atoms with Crippen LogP contribution in [0, 0.1) is 6.92 Å². The highest BCUT2D eigenvalue weighted by molar-refractivity contribution is 7.17. The van der Waals surface area contributed by atoms with Gasteiger partial charge in [-0.05, 0) is 37.5 Å². The summed E-state index contributed by atoms with van der Waals surface area (Å²) in [6, 6.07) is 17.3. The Bertz CT molecular complexity index is 1360. The van der Waals surface area contributed by atoms with Gasteiger partial charge >= 0.3 is 11.9 Å². The van der Waals surface area contributed by atoms with Crippen molar-refractivity contribution in [3.05, 3.63) is 76.8 Å². The molecule has 0 spiro atoms. The van der Waals surface area contributed by atoms with Crippen LogP contribution in [0.5, 0.6) is 0 Å². The first-order valence-electron chi connectivity index (χ1n) is 11.3. The van der Waals surface area contributed by atoms with E-state index >= 15 is 0 Å². The lowest BCUT2D eigenvalue weighted by Crippen LogP contribution is -2.21. The van der Waals surface area contributed by atoms with Gasteiger partial charge in [0.2, 0.25) is 0 Å². The number of anilines is 1. The van der Waals surface area contributed by atoms with E-state index in [1.165, 1.54) is 11.3 Å². The van der Waals surface area contributed by atoms with E-state index in [2.05, 4.69) is 10.3 Å². The van der Waals surface area contributed by atoms with Crippen LogP contribution in [0.4, 0.5) is 5.00 Å². The van der Waals surface area contributed by atoms with Gasteiger partial charge in [0, 0.05) is 34.0 Å². The van der Waals surface area contributed by atoms with Crippen molar-refractivity contribution in [3.63, 3.8) is 0 Å². The van der Waals surface area contributed by atoms with Gasteiger partial charge in [0.1, 0.15) is 10.6 Å². The zero-order chi connectivity index (χ0) is 24.8. The number of carbonyl (C=O) groups excluding carboxylic acids is 3. The van der Waals surface area contributed by atoms with Gasteiger partial charge in [-0.1, -0.05) is 48.5 Å². The lowest BCUT2D eigenvalue weighted by molar-refractivity contribution is -0.147. The molecule has 0 saturated heterocycles. The van der Waals surface area contributed by atoms with E-state index in [0.29, 0.717) is 17.0 Å². The highest BCUT2D eigenvalue weighted by atomic mass is 32.1. The van der Waals surface area contributed by atoms with Crippen molar-refractivity contribution in [2.75, 3.05) is 18.5 Å². The lowest BCUT2D eigenvalue weighted by atomic mass is 10.0. The van der Waals surface area contributed by atoms with Gasteiger partial charge in [-0.2, -0.15) is 0 Å². The molecule has 2 aromatic heterocycles. The number of aromatic nitrogens is 1. The molecule has 4 rings (SSSR count). The standard InChI is InChI=1S/C27H26N2O5S/c1-3-33-27(32)25-24(18-9-5-4-6-10-18)17(2)35-26(25)29-22(30)16-34-23(31)14-13-19-15-28-21-12-8-7-11-20(19)21/h4-12,15,28H,3,13-14,16H2,1-2H3,(H,29,30). The Morgan fingerprint density at radius 3 is 2.51 bits per heavy atom. The van der Waals surface area contributed by atoms with Gasteiger partial charge in [0.25, 0.3) is 5.91 Å². The number of carbonyl (C=O) groups is 3. The molecule has 7 nitrogen and oxygen atoms in total. The molecule has 0 radical (unpaired) electrons. The molecule has 0 bridgehead atoms. The van der Waals surface area contributed by atoms with Gasteiger partial charge in [0.15, 0.2) is 6.61 Å². The Morgan fingerprint density at radius 2 is 1.74 bits per heavy atom. The van der Waals surface area contributed by atoms with Gasteiger partial charge < -0.3 is 19.8 Å². The smallest absolute Gasteiger partial charge is 0.341 e. The van der Waals surface area contributed by atoms with E-state index in [1.807, 2.05) is 67.7 Å². The third-order valence-electron chi connectivity index (χ3n) is 5.52. The number of para-hydroxylation sites is 1. The zero-order valence-corrected chi connectivity index (χ0v) is 20.4. The molecule has 0 atom stereocenters. The van der Waals surface area contributed by atoms with Crippen molar-refractivity contribution in [2.24, 2.45) is 0 Å². The number of thiophene rings is 1. The molecule has 0 aliphatic heterocycles. The summed E-state index contributed by atoms with van der Waals surface area (Å²) < 4.78 is 10.4. The van der Waals surface area contributed by atoms with Gasteiger partial charge in [-0.15, -0.1) is 11.3 Å². The molecule has 0 fully saturated rings. The van der Waals surface area contributed by atoms with E-state index < -0.39 is 24.5 Å². The Labute approximate surface area is 207 Å². The monoisotopic (exact) mass is 490 g/mol. The van der Waals surface area contributed by atoms with E-state index in [1.54, 1.807) is 6.92 Å². The zero-order valence-electron chi connectivity index (χ0n) is 19.6. The molecule has 4 aromatic rings. The number of ether oxygens (including phenoxy) is 2. The fraction of sp³-hybridized carbons (Fsp3) is 0.222. The highest BCUT2D eigenvalue weighted by Crippen LogP contribution is 2.40.